The molecule has 0 amide bonds. The highest BCUT2D eigenvalue weighted by atomic mass is 79.9. The molecular weight excluding hydrogens is 424 g/mol. The van der Waals surface area contributed by atoms with Crippen LogP contribution in [-0.4, -0.2) is 15.3 Å². The molecule has 0 saturated heterocycles. The third-order valence-electron chi connectivity index (χ3n) is 3.32. The summed E-state index contributed by atoms with van der Waals surface area (Å²) < 4.78 is 6.08. The van der Waals surface area contributed by atoms with Crippen molar-refractivity contribution in [3.63, 3.8) is 0 Å². The number of nitrogens with zero attached hydrogens (tertiary/aromatic N) is 2. The lowest BCUT2D eigenvalue weighted by atomic mass is 10.1. The lowest BCUT2D eigenvalue weighted by Gasteiger charge is -2.09. The van der Waals surface area contributed by atoms with E-state index in [-0.39, 0.29) is 0 Å². The minimum Gasteiger partial charge on any atom is -0.353 e. The molecule has 8 heteroatoms. The van der Waals surface area contributed by atoms with Gasteiger partial charge in [-0.15, -0.1) is 0 Å². The maximum Gasteiger partial charge on any atom is 0.246 e. The lowest BCUT2D eigenvalue weighted by Crippen LogP contribution is -2.28. The molecular formula is C17H14BrClN4OS. The van der Waals surface area contributed by atoms with Gasteiger partial charge in [-0.3, -0.25) is 0 Å². The highest BCUT2D eigenvalue weighted by Gasteiger charge is 2.09. The minimum atomic E-state index is 0.328. The van der Waals surface area contributed by atoms with Crippen LogP contribution in [0.5, 0.6) is 0 Å². The van der Waals surface area contributed by atoms with Gasteiger partial charge in [0.05, 0.1) is 11.6 Å². The van der Waals surface area contributed by atoms with Crippen LogP contribution in [-0.2, 0) is 6.54 Å². The first-order valence-electron chi connectivity index (χ1n) is 7.41. The molecule has 0 radical (unpaired) electrons. The molecule has 0 saturated carbocycles. The summed E-state index contributed by atoms with van der Waals surface area (Å²) in [7, 11) is 0. The average Bonchev–Trinajstić information content (AvgIpc) is 3.05. The van der Waals surface area contributed by atoms with Crippen molar-refractivity contribution < 1.29 is 4.52 Å². The van der Waals surface area contributed by atoms with Crippen molar-refractivity contribution in [3.8, 4) is 11.4 Å². The van der Waals surface area contributed by atoms with Crippen molar-refractivity contribution in [2.24, 2.45) is 0 Å². The van der Waals surface area contributed by atoms with Gasteiger partial charge in [0.15, 0.2) is 5.11 Å². The van der Waals surface area contributed by atoms with Crippen LogP contribution in [0.4, 0.5) is 5.69 Å². The first kappa shape index (κ1) is 17.8. The van der Waals surface area contributed by atoms with Gasteiger partial charge in [-0.05, 0) is 59.3 Å². The summed E-state index contributed by atoms with van der Waals surface area (Å²) in [5.74, 6) is 1.01. The fourth-order valence-electron chi connectivity index (χ4n) is 2.13. The SMILES string of the molecule is Cc1cccc(-c2noc(CNC(=S)Nc3ccc(Br)c(Cl)c3)n2)c1. The van der Waals surface area contributed by atoms with E-state index < -0.39 is 0 Å². The standard InChI is InChI=1S/C17H14BrClN4OS/c1-10-3-2-4-11(7-10)16-22-15(24-23-16)9-20-17(25)21-12-5-6-13(18)14(19)8-12/h2-8H,9H2,1H3,(H2,20,21,25). The summed E-state index contributed by atoms with van der Waals surface area (Å²) in [6.45, 7) is 2.35. The van der Waals surface area contributed by atoms with Gasteiger partial charge in [-0.2, -0.15) is 4.98 Å². The van der Waals surface area contributed by atoms with E-state index in [4.69, 9.17) is 28.3 Å². The van der Waals surface area contributed by atoms with Crippen LogP contribution < -0.4 is 10.6 Å². The summed E-state index contributed by atoms with van der Waals surface area (Å²) in [6, 6.07) is 13.4. The molecule has 0 bridgehead atoms. The third kappa shape index (κ3) is 4.78. The van der Waals surface area contributed by atoms with E-state index in [0.29, 0.717) is 28.4 Å². The predicted molar refractivity (Wildman–Crippen MR) is 107 cm³/mol. The molecule has 2 aromatic carbocycles. The molecule has 2 N–H and O–H groups in total. The van der Waals surface area contributed by atoms with Crippen LogP contribution in [0.25, 0.3) is 11.4 Å². The smallest absolute Gasteiger partial charge is 0.246 e. The molecule has 0 aliphatic carbocycles. The van der Waals surface area contributed by atoms with E-state index in [2.05, 4.69) is 36.7 Å². The van der Waals surface area contributed by atoms with Gasteiger partial charge >= 0.3 is 0 Å². The van der Waals surface area contributed by atoms with Gasteiger partial charge in [0.25, 0.3) is 0 Å². The number of rotatable bonds is 4. The normalized spacial score (nSPS) is 10.5. The minimum absolute atomic E-state index is 0.328. The van der Waals surface area contributed by atoms with Gasteiger partial charge in [0, 0.05) is 15.7 Å². The Morgan fingerprint density at radius 1 is 1.28 bits per heavy atom. The van der Waals surface area contributed by atoms with Crippen molar-refractivity contribution in [2.75, 3.05) is 5.32 Å². The summed E-state index contributed by atoms with van der Waals surface area (Å²) in [5.41, 5.74) is 2.84. The molecule has 1 aromatic heterocycles. The number of benzene rings is 2. The van der Waals surface area contributed by atoms with Crippen molar-refractivity contribution >= 4 is 50.5 Å². The molecule has 0 atom stereocenters. The third-order valence-corrected chi connectivity index (χ3v) is 4.80. The van der Waals surface area contributed by atoms with Gasteiger partial charge in [-0.1, -0.05) is 40.5 Å². The largest absolute Gasteiger partial charge is 0.353 e. The second kappa shape index (κ2) is 7.95. The number of aryl methyl sites for hydroxylation is 1. The van der Waals surface area contributed by atoms with E-state index in [1.165, 1.54) is 0 Å². The van der Waals surface area contributed by atoms with E-state index >= 15 is 0 Å². The molecule has 128 valence electrons. The predicted octanol–water partition coefficient (Wildman–Crippen LogP) is 4.95. The number of halogens is 2. The fourth-order valence-corrected chi connectivity index (χ4v) is 2.75. The Morgan fingerprint density at radius 2 is 2.12 bits per heavy atom. The highest BCUT2D eigenvalue weighted by Crippen LogP contribution is 2.25. The Hall–Kier alpha value is -1.96. The van der Waals surface area contributed by atoms with Crippen LogP contribution in [0.2, 0.25) is 5.02 Å². The monoisotopic (exact) mass is 436 g/mol. The summed E-state index contributed by atoms with van der Waals surface area (Å²) >= 11 is 14.7. The van der Waals surface area contributed by atoms with Gasteiger partial charge in [0.1, 0.15) is 0 Å². The molecule has 5 nitrogen and oxygen atoms in total. The topological polar surface area (TPSA) is 63.0 Å². The van der Waals surface area contributed by atoms with E-state index in [1.807, 2.05) is 43.3 Å². The van der Waals surface area contributed by atoms with Crippen LogP contribution in [0, 0.1) is 6.92 Å². The van der Waals surface area contributed by atoms with Crippen LogP contribution in [0.3, 0.4) is 0 Å². The Balaban J connectivity index is 1.58. The average molecular weight is 438 g/mol. The van der Waals surface area contributed by atoms with Crippen molar-refractivity contribution in [1.82, 2.24) is 15.5 Å². The quantitative estimate of drug-likeness (QED) is 0.563. The highest BCUT2D eigenvalue weighted by molar-refractivity contribution is 9.10. The Bertz CT molecular complexity index is 915. The van der Waals surface area contributed by atoms with Gasteiger partial charge in [0.2, 0.25) is 11.7 Å². The van der Waals surface area contributed by atoms with E-state index in [1.54, 1.807) is 6.07 Å². The first-order chi connectivity index (χ1) is 12.0. The maximum absolute atomic E-state index is 6.06. The second-order valence-corrected chi connectivity index (χ2v) is 6.99. The zero-order valence-corrected chi connectivity index (χ0v) is 16.4. The second-order valence-electron chi connectivity index (χ2n) is 5.32. The molecule has 0 aliphatic rings. The molecule has 3 rings (SSSR count). The summed E-state index contributed by atoms with van der Waals surface area (Å²) in [5, 5.41) is 11.1. The Labute approximate surface area is 163 Å². The molecule has 0 unspecified atom stereocenters. The van der Waals surface area contributed by atoms with E-state index in [0.717, 1.165) is 21.3 Å². The Morgan fingerprint density at radius 3 is 2.88 bits per heavy atom. The molecule has 0 spiro atoms. The van der Waals surface area contributed by atoms with Crippen molar-refractivity contribution in [2.45, 2.75) is 13.5 Å². The number of aromatic nitrogens is 2. The number of anilines is 1. The van der Waals surface area contributed by atoms with Crippen LogP contribution >= 0.6 is 39.7 Å². The summed E-state index contributed by atoms with van der Waals surface area (Å²) in [6.07, 6.45) is 0. The van der Waals surface area contributed by atoms with Crippen LogP contribution in [0.15, 0.2) is 51.5 Å². The van der Waals surface area contributed by atoms with Crippen LogP contribution in [0.1, 0.15) is 11.5 Å². The molecule has 25 heavy (non-hydrogen) atoms. The molecule has 1 heterocycles. The maximum atomic E-state index is 6.06. The molecule has 0 aliphatic heterocycles. The van der Waals surface area contributed by atoms with Gasteiger partial charge in [-0.25, -0.2) is 0 Å². The summed E-state index contributed by atoms with van der Waals surface area (Å²) in [4.78, 5) is 4.37. The number of nitrogens with one attached hydrogen (secondary N) is 2. The Kier molecular flexibility index (Phi) is 5.67. The van der Waals surface area contributed by atoms with Crippen molar-refractivity contribution in [3.05, 3.63) is 63.4 Å². The molecule has 3 aromatic rings. The van der Waals surface area contributed by atoms with Crippen molar-refractivity contribution in [1.29, 1.82) is 0 Å². The number of hydrogen-bond acceptors (Lipinski definition) is 4. The van der Waals surface area contributed by atoms with Gasteiger partial charge < -0.3 is 15.2 Å². The zero-order chi connectivity index (χ0) is 17.8. The first-order valence-corrected chi connectivity index (χ1v) is 8.99. The molecule has 0 fully saturated rings. The number of thiocarbonyl (C=S) groups is 1. The lowest BCUT2D eigenvalue weighted by molar-refractivity contribution is 0.376. The number of hydrogen-bond donors (Lipinski definition) is 2. The zero-order valence-electron chi connectivity index (χ0n) is 13.2. The fraction of sp³-hybridized carbons (Fsp3) is 0.118. The van der Waals surface area contributed by atoms with E-state index in [9.17, 15) is 0 Å².